The topological polar surface area (TPSA) is 78.8 Å². The summed E-state index contributed by atoms with van der Waals surface area (Å²) in [5.41, 5.74) is 2.43. The molecule has 0 spiro atoms. The van der Waals surface area contributed by atoms with Crippen LogP contribution in [0.2, 0.25) is 0 Å². The van der Waals surface area contributed by atoms with E-state index >= 15 is 0 Å². The first-order valence-electron chi connectivity index (χ1n) is 9.38. The molecule has 4 rings (SSSR count). The number of hydrogen-bond donors (Lipinski definition) is 0. The second-order valence-electron chi connectivity index (χ2n) is 7.26. The van der Waals surface area contributed by atoms with Crippen molar-refractivity contribution in [2.24, 2.45) is 7.05 Å². The minimum Gasteiger partial charge on any atom is -0.367 e. The molecule has 2 aliphatic rings. The maximum atomic E-state index is 12.8. The van der Waals surface area contributed by atoms with E-state index in [4.69, 9.17) is 0 Å². The number of hydrogen-bond acceptors (Lipinski definition) is 5. The Morgan fingerprint density at radius 3 is 2.54 bits per heavy atom. The van der Waals surface area contributed by atoms with Crippen LogP contribution in [0.25, 0.3) is 0 Å². The Bertz CT molecular complexity index is 978. The number of fused-ring (bicyclic) bond motifs is 1. The number of carbonyl (C=O) groups is 2. The number of benzene rings is 1. The van der Waals surface area contributed by atoms with Gasteiger partial charge >= 0.3 is 0 Å². The summed E-state index contributed by atoms with van der Waals surface area (Å²) in [6.07, 6.45) is 1.86. The van der Waals surface area contributed by atoms with Gasteiger partial charge in [-0.1, -0.05) is 18.2 Å². The van der Waals surface area contributed by atoms with Gasteiger partial charge < -0.3 is 14.7 Å². The highest BCUT2D eigenvalue weighted by atomic mass is 16.2. The van der Waals surface area contributed by atoms with Gasteiger partial charge in [-0.15, -0.1) is 0 Å². The van der Waals surface area contributed by atoms with E-state index in [1.165, 1.54) is 4.68 Å². The van der Waals surface area contributed by atoms with Crippen molar-refractivity contribution < 1.29 is 9.59 Å². The molecule has 2 amide bonds. The first-order valence-corrected chi connectivity index (χ1v) is 9.38. The molecule has 146 valence electrons. The number of aryl methyl sites for hydroxylation is 1. The van der Waals surface area contributed by atoms with Gasteiger partial charge in [-0.3, -0.25) is 14.4 Å². The lowest BCUT2D eigenvalue weighted by molar-refractivity contribution is -0.134. The van der Waals surface area contributed by atoms with E-state index in [9.17, 15) is 14.4 Å². The maximum absolute atomic E-state index is 12.8. The largest absolute Gasteiger partial charge is 0.367 e. The third-order valence-corrected chi connectivity index (χ3v) is 5.63. The predicted molar refractivity (Wildman–Crippen MR) is 105 cm³/mol. The molecule has 0 bridgehead atoms. The minimum atomic E-state index is -0.409. The van der Waals surface area contributed by atoms with Gasteiger partial charge in [-0.25, -0.2) is 4.68 Å². The molecule has 1 atom stereocenters. The summed E-state index contributed by atoms with van der Waals surface area (Å²) in [6.45, 7) is 2.39. The summed E-state index contributed by atoms with van der Waals surface area (Å²) in [5, 5.41) is 4.05. The van der Waals surface area contributed by atoms with Gasteiger partial charge in [0.15, 0.2) is 0 Å². The monoisotopic (exact) mass is 381 g/mol. The molecule has 0 radical (unpaired) electrons. The lowest BCUT2D eigenvalue weighted by Crippen LogP contribution is -2.49. The highest BCUT2D eigenvalue weighted by Crippen LogP contribution is 2.38. The van der Waals surface area contributed by atoms with Crippen LogP contribution in [-0.2, 0) is 16.6 Å². The first kappa shape index (κ1) is 18.2. The molecule has 1 fully saturated rings. The Labute approximate surface area is 163 Å². The van der Waals surface area contributed by atoms with E-state index in [1.54, 1.807) is 36.2 Å². The van der Waals surface area contributed by atoms with Crippen LogP contribution in [0.5, 0.6) is 0 Å². The summed E-state index contributed by atoms with van der Waals surface area (Å²) in [5.74, 6) is -0.447. The average molecular weight is 381 g/mol. The summed E-state index contributed by atoms with van der Waals surface area (Å²) in [6, 6.07) is 9.20. The molecule has 1 aromatic heterocycles. The molecule has 2 aliphatic heterocycles. The molecule has 8 heteroatoms. The third-order valence-electron chi connectivity index (χ3n) is 5.63. The molecular weight excluding hydrogens is 358 g/mol. The zero-order valence-corrected chi connectivity index (χ0v) is 16.0. The Hall–Kier alpha value is -3.16. The number of likely N-dealkylation sites (N-methyl/N-ethyl adjacent to an activating group) is 1. The SMILES string of the molecule is CN1C(=O)[C@@H](CC(=O)N2CCN(c3cnn(C)c(=O)c3)CC2)c2ccccc21. The van der Waals surface area contributed by atoms with Gasteiger partial charge in [0.25, 0.3) is 5.56 Å². The summed E-state index contributed by atoms with van der Waals surface area (Å²) in [7, 11) is 3.37. The molecule has 2 aromatic rings. The third kappa shape index (κ3) is 3.15. The molecule has 8 nitrogen and oxygen atoms in total. The minimum absolute atomic E-state index is 0.00907. The lowest BCUT2D eigenvalue weighted by Gasteiger charge is -2.36. The van der Waals surface area contributed by atoms with Crippen LogP contribution in [0.15, 0.2) is 41.3 Å². The summed E-state index contributed by atoms with van der Waals surface area (Å²) < 4.78 is 1.29. The van der Waals surface area contributed by atoms with E-state index in [2.05, 4.69) is 10.00 Å². The predicted octanol–water partition coefficient (Wildman–Crippen LogP) is 0.579. The van der Waals surface area contributed by atoms with Crippen molar-refractivity contribution in [3.63, 3.8) is 0 Å². The normalized spacial score (nSPS) is 19.1. The molecule has 0 N–H and O–H groups in total. The van der Waals surface area contributed by atoms with Crippen molar-refractivity contribution >= 4 is 23.2 Å². The van der Waals surface area contributed by atoms with E-state index in [-0.39, 0.29) is 23.8 Å². The Balaban J connectivity index is 1.40. The van der Waals surface area contributed by atoms with Crippen LogP contribution < -0.4 is 15.4 Å². The van der Waals surface area contributed by atoms with Gasteiger partial charge in [-0.2, -0.15) is 5.10 Å². The fraction of sp³-hybridized carbons (Fsp3) is 0.400. The van der Waals surface area contributed by atoms with Gasteiger partial charge in [-0.05, 0) is 11.6 Å². The van der Waals surface area contributed by atoms with Crippen LogP contribution in [-0.4, -0.2) is 59.7 Å². The van der Waals surface area contributed by atoms with Crippen molar-refractivity contribution in [2.75, 3.05) is 43.0 Å². The van der Waals surface area contributed by atoms with Crippen LogP contribution >= 0.6 is 0 Å². The Morgan fingerprint density at radius 1 is 1.11 bits per heavy atom. The number of piperazine rings is 1. The Morgan fingerprint density at radius 2 is 1.82 bits per heavy atom. The molecule has 0 aliphatic carbocycles. The van der Waals surface area contributed by atoms with Gasteiger partial charge in [0, 0.05) is 58.4 Å². The number of anilines is 2. The van der Waals surface area contributed by atoms with E-state index in [0.717, 1.165) is 16.9 Å². The molecule has 3 heterocycles. The fourth-order valence-corrected chi connectivity index (χ4v) is 3.92. The van der Waals surface area contributed by atoms with Crippen LogP contribution in [0.3, 0.4) is 0 Å². The van der Waals surface area contributed by atoms with Crippen molar-refractivity contribution in [3.8, 4) is 0 Å². The number of amides is 2. The van der Waals surface area contributed by atoms with Crippen molar-refractivity contribution in [1.29, 1.82) is 0 Å². The zero-order chi connectivity index (χ0) is 19.8. The van der Waals surface area contributed by atoms with Crippen molar-refractivity contribution in [3.05, 3.63) is 52.4 Å². The number of aromatic nitrogens is 2. The highest BCUT2D eigenvalue weighted by Gasteiger charge is 2.37. The summed E-state index contributed by atoms with van der Waals surface area (Å²) >= 11 is 0. The van der Waals surface area contributed by atoms with Crippen LogP contribution in [0.1, 0.15) is 17.9 Å². The maximum Gasteiger partial charge on any atom is 0.268 e. The number of para-hydroxylation sites is 1. The molecule has 0 saturated carbocycles. The van der Waals surface area contributed by atoms with Gasteiger partial charge in [0.05, 0.1) is 17.8 Å². The Kier molecular flexibility index (Phi) is 4.62. The standard InChI is InChI=1S/C20H23N5O3/c1-22-17-6-4-3-5-15(17)16(20(22)28)12-19(27)25-9-7-24(8-10-25)14-11-18(26)23(2)21-13-14/h3-6,11,13,16H,7-10,12H2,1-2H3/t16-/m0/s1. The molecule has 1 aromatic carbocycles. The van der Waals surface area contributed by atoms with Crippen LogP contribution in [0.4, 0.5) is 11.4 Å². The number of rotatable bonds is 3. The lowest BCUT2D eigenvalue weighted by atomic mass is 9.96. The van der Waals surface area contributed by atoms with E-state index < -0.39 is 5.92 Å². The average Bonchev–Trinajstić information content (AvgIpc) is 2.95. The second kappa shape index (κ2) is 7.10. The molecular formula is C20H23N5O3. The van der Waals surface area contributed by atoms with E-state index in [1.807, 2.05) is 24.3 Å². The first-order chi connectivity index (χ1) is 13.5. The molecule has 28 heavy (non-hydrogen) atoms. The quantitative estimate of drug-likeness (QED) is 0.777. The second-order valence-corrected chi connectivity index (χ2v) is 7.26. The number of carbonyl (C=O) groups excluding carboxylic acids is 2. The highest BCUT2D eigenvalue weighted by molar-refractivity contribution is 6.06. The molecule has 0 unspecified atom stereocenters. The zero-order valence-electron chi connectivity index (χ0n) is 16.0. The summed E-state index contributed by atoms with van der Waals surface area (Å²) in [4.78, 5) is 42.7. The number of nitrogens with zero attached hydrogens (tertiary/aromatic N) is 5. The van der Waals surface area contributed by atoms with Gasteiger partial charge in [0.1, 0.15) is 0 Å². The van der Waals surface area contributed by atoms with Crippen LogP contribution in [0, 0.1) is 0 Å². The van der Waals surface area contributed by atoms with E-state index in [0.29, 0.717) is 26.2 Å². The van der Waals surface area contributed by atoms with Crippen molar-refractivity contribution in [2.45, 2.75) is 12.3 Å². The fourth-order valence-electron chi connectivity index (χ4n) is 3.92. The van der Waals surface area contributed by atoms with Crippen molar-refractivity contribution in [1.82, 2.24) is 14.7 Å². The smallest absolute Gasteiger partial charge is 0.268 e. The van der Waals surface area contributed by atoms with Gasteiger partial charge in [0.2, 0.25) is 11.8 Å². The molecule has 1 saturated heterocycles.